The number of aliphatic carboxylic acids is 1. The summed E-state index contributed by atoms with van der Waals surface area (Å²) in [6.45, 7) is 0.444. The first-order valence-corrected chi connectivity index (χ1v) is 6.48. The van der Waals surface area contributed by atoms with Gasteiger partial charge >= 0.3 is 5.97 Å². The highest BCUT2D eigenvalue weighted by atomic mass is 79.9. The fourth-order valence-corrected chi connectivity index (χ4v) is 2.49. The lowest BCUT2D eigenvalue weighted by molar-refractivity contribution is -0.138. The minimum atomic E-state index is -0.763. The van der Waals surface area contributed by atoms with Crippen LogP contribution >= 0.6 is 27.5 Å². The van der Waals surface area contributed by atoms with Gasteiger partial charge in [-0.3, -0.25) is 4.79 Å². The molecule has 0 spiro atoms. The van der Waals surface area contributed by atoms with Gasteiger partial charge in [0.25, 0.3) is 0 Å². The molecule has 0 unspecified atom stereocenters. The average molecular weight is 320 g/mol. The van der Waals surface area contributed by atoms with Crippen molar-refractivity contribution in [2.75, 3.05) is 6.61 Å². The molecular formula is C12H12BrClO3. The highest BCUT2D eigenvalue weighted by molar-refractivity contribution is 9.10. The Balaban J connectivity index is 1.96. The van der Waals surface area contributed by atoms with Crippen molar-refractivity contribution in [3.8, 4) is 5.75 Å². The second-order valence-electron chi connectivity index (χ2n) is 4.43. The second kappa shape index (κ2) is 4.86. The monoisotopic (exact) mass is 318 g/mol. The summed E-state index contributed by atoms with van der Waals surface area (Å²) in [5.74, 6) is -0.0627. The lowest BCUT2D eigenvalue weighted by atomic mass is 10.0. The van der Waals surface area contributed by atoms with Gasteiger partial charge in [0.2, 0.25) is 0 Å². The predicted molar refractivity (Wildman–Crippen MR) is 68.6 cm³/mol. The van der Waals surface area contributed by atoms with E-state index in [4.69, 9.17) is 21.4 Å². The molecule has 1 saturated carbocycles. The molecule has 1 N–H and O–H groups in total. The average Bonchev–Trinajstić information content (AvgIpc) is 2.96. The van der Waals surface area contributed by atoms with Gasteiger partial charge in [-0.25, -0.2) is 0 Å². The van der Waals surface area contributed by atoms with Crippen LogP contribution in [0.4, 0.5) is 0 Å². The number of carbonyl (C=O) groups is 1. The Labute approximate surface area is 113 Å². The van der Waals surface area contributed by atoms with Crippen molar-refractivity contribution >= 4 is 33.5 Å². The Morgan fingerprint density at radius 1 is 1.53 bits per heavy atom. The van der Waals surface area contributed by atoms with Gasteiger partial charge in [0.15, 0.2) is 0 Å². The molecule has 0 heterocycles. The van der Waals surface area contributed by atoms with Gasteiger partial charge < -0.3 is 9.84 Å². The molecule has 1 aromatic rings. The quantitative estimate of drug-likeness (QED) is 0.899. The topological polar surface area (TPSA) is 46.5 Å². The van der Waals surface area contributed by atoms with E-state index >= 15 is 0 Å². The van der Waals surface area contributed by atoms with Gasteiger partial charge in [0.1, 0.15) is 5.75 Å². The Hall–Kier alpha value is -0.740. The minimum Gasteiger partial charge on any atom is -0.492 e. The van der Waals surface area contributed by atoms with Crippen molar-refractivity contribution in [2.24, 2.45) is 5.41 Å². The third kappa shape index (κ3) is 3.36. The SMILES string of the molecule is O=C(O)CC1(COc2ccc(Cl)cc2Br)CC1. The summed E-state index contributed by atoms with van der Waals surface area (Å²) in [6.07, 6.45) is 2.02. The molecule has 17 heavy (non-hydrogen) atoms. The molecule has 2 rings (SSSR count). The van der Waals surface area contributed by atoms with E-state index in [-0.39, 0.29) is 11.8 Å². The molecule has 0 atom stereocenters. The lowest BCUT2D eigenvalue weighted by Crippen LogP contribution is -2.17. The van der Waals surface area contributed by atoms with Crippen LogP contribution in [-0.4, -0.2) is 17.7 Å². The van der Waals surface area contributed by atoms with Crippen molar-refractivity contribution in [3.63, 3.8) is 0 Å². The highest BCUT2D eigenvalue weighted by Gasteiger charge is 2.45. The van der Waals surface area contributed by atoms with E-state index in [9.17, 15) is 4.79 Å². The molecule has 1 aliphatic rings. The van der Waals surface area contributed by atoms with E-state index in [2.05, 4.69) is 15.9 Å². The largest absolute Gasteiger partial charge is 0.492 e. The summed E-state index contributed by atoms with van der Waals surface area (Å²) in [6, 6.07) is 5.29. The number of hydrogen-bond donors (Lipinski definition) is 1. The Morgan fingerprint density at radius 3 is 2.76 bits per heavy atom. The fraction of sp³-hybridized carbons (Fsp3) is 0.417. The van der Waals surface area contributed by atoms with Gasteiger partial charge in [-0.15, -0.1) is 0 Å². The van der Waals surface area contributed by atoms with Gasteiger partial charge in [-0.2, -0.15) is 0 Å². The summed E-state index contributed by atoms with van der Waals surface area (Å²) >= 11 is 9.19. The third-order valence-electron chi connectivity index (χ3n) is 2.91. The molecule has 0 aliphatic heterocycles. The van der Waals surface area contributed by atoms with E-state index in [0.717, 1.165) is 17.3 Å². The predicted octanol–water partition coefficient (Wildman–Crippen LogP) is 3.74. The van der Waals surface area contributed by atoms with Crippen LogP contribution in [-0.2, 0) is 4.79 Å². The number of halogens is 2. The standard InChI is InChI=1S/C12H12BrClO3/c13-9-5-8(14)1-2-10(9)17-7-12(3-4-12)6-11(15)16/h1-2,5H,3-4,6-7H2,(H,15,16). The maximum absolute atomic E-state index is 10.7. The summed E-state index contributed by atoms with van der Waals surface area (Å²) < 4.78 is 6.44. The number of hydrogen-bond acceptors (Lipinski definition) is 2. The van der Waals surface area contributed by atoms with Crippen molar-refractivity contribution in [2.45, 2.75) is 19.3 Å². The number of ether oxygens (including phenoxy) is 1. The number of benzene rings is 1. The fourth-order valence-electron chi connectivity index (χ4n) is 1.69. The molecule has 0 radical (unpaired) electrons. The molecular weight excluding hydrogens is 307 g/mol. The van der Waals surface area contributed by atoms with E-state index in [1.807, 2.05) is 0 Å². The number of carboxylic acids is 1. The first kappa shape index (κ1) is 12.7. The normalized spacial score (nSPS) is 16.6. The van der Waals surface area contributed by atoms with Crippen LogP contribution < -0.4 is 4.74 Å². The Bertz CT molecular complexity index is 443. The van der Waals surface area contributed by atoms with E-state index < -0.39 is 5.97 Å². The maximum Gasteiger partial charge on any atom is 0.304 e. The zero-order chi connectivity index (χ0) is 12.5. The first-order chi connectivity index (χ1) is 8.01. The van der Waals surface area contributed by atoms with Crippen LogP contribution in [0.5, 0.6) is 5.75 Å². The molecule has 0 amide bonds. The van der Waals surface area contributed by atoms with Crippen molar-refractivity contribution in [1.82, 2.24) is 0 Å². The molecule has 5 heteroatoms. The van der Waals surface area contributed by atoms with Crippen LogP contribution in [0.3, 0.4) is 0 Å². The second-order valence-corrected chi connectivity index (χ2v) is 5.72. The molecule has 1 aromatic carbocycles. The molecule has 3 nitrogen and oxygen atoms in total. The van der Waals surface area contributed by atoms with Crippen molar-refractivity contribution in [3.05, 3.63) is 27.7 Å². The third-order valence-corrected chi connectivity index (χ3v) is 3.77. The zero-order valence-electron chi connectivity index (χ0n) is 9.08. The Morgan fingerprint density at radius 2 is 2.24 bits per heavy atom. The van der Waals surface area contributed by atoms with Gasteiger partial charge in [0, 0.05) is 10.4 Å². The summed E-state index contributed by atoms with van der Waals surface area (Å²) in [5, 5.41) is 9.43. The Kier molecular flexibility index (Phi) is 3.64. The highest BCUT2D eigenvalue weighted by Crippen LogP contribution is 2.49. The molecule has 1 fully saturated rings. The molecule has 0 saturated heterocycles. The number of rotatable bonds is 5. The molecule has 92 valence electrons. The van der Waals surface area contributed by atoms with E-state index in [1.165, 1.54) is 0 Å². The number of carboxylic acid groups (broad SMARTS) is 1. The van der Waals surface area contributed by atoms with Crippen LogP contribution in [0.25, 0.3) is 0 Å². The molecule has 0 aromatic heterocycles. The van der Waals surface area contributed by atoms with E-state index in [1.54, 1.807) is 18.2 Å². The summed E-state index contributed by atoms with van der Waals surface area (Å²) in [4.78, 5) is 10.7. The van der Waals surface area contributed by atoms with Crippen molar-refractivity contribution in [1.29, 1.82) is 0 Å². The minimum absolute atomic E-state index is 0.162. The van der Waals surface area contributed by atoms with Crippen LogP contribution in [0.2, 0.25) is 5.02 Å². The van der Waals surface area contributed by atoms with Crippen LogP contribution in [0.15, 0.2) is 22.7 Å². The van der Waals surface area contributed by atoms with Crippen molar-refractivity contribution < 1.29 is 14.6 Å². The van der Waals surface area contributed by atoms with Gasteiger partial charge in [0.05, 0.1) is 17.5 Å². The first-order valence-electron chi connectivity index (χ1n) is 5.30. The molecule has 0 bridgehead atoms. The maximum atomic E-state index is 10.7. The summed E-state index contributed by atoms with van der Waals surface area (Å²) in [7, 11) is 0. The van der Waals surface area contributed by atoms with Gasteiger partial charge in [-0.05, 0) is 47.0 Å². The zero-order valence-corrected chi connectivity index (χ0v) is 11.4. The van der Waals surface area contributed by atoms with Crippen LogP contribution in [0.1, 0.15) is 19.3 Å². The van der Waals surface area contributed by atoms with Crippen LogP contribution in [0, 0.1) is 5.41 Å². The summed E-state index contributed by atoms with van der Waals surface area (Å²) in [5.41, 5.74) is -0.162. The molecule has 1 aliphatic carbocycles. The smallest absolute Gasteiger partial charge is 0.304 e. The van der Waals surface area contributed by atoms with E-state index in [0.29, 0.717) is 17.4 Å². The lowest BCUT2D eigenvalue weighted by Gasteiger charge is -2.15. The van der Waals surface area contributed by atoms with Gasteiger partial charge in [-0.1, -0.05) is 11.6 Å².